The molecule has 1 aliphatic rings. The van der Waals surface area contributed by atoms with E-state index in [9.17, 15) is 8.78 Å². The Morgan fingerprint density at radius 3 is 2.76 bits per heavy atom. The maximum atomic E-state index is 14.8. The molecule has 1 aromatic carbocycles. The fraction of sp³-hybridized carbons (Fsp3) is 0.353. The number of nitrogens with zero attached hydrogens (tertiary/aromatic N) is 4. The molecule has 0 aliphatic carbocycles. The Balaban J connectivity index is 2.11. The van der Waals surface area contributed by atoms with Gasteiger partial charge in [0.15, 0.2) is 17.4 Å². The average Bonchev–Trinajstić information content (AvgIpc) is 2.98. The first-order chi connectivity index (χ1) is 11.9. The monoisotopic (exact) mass is 364 g/mol. The fourth-order valence-electron chi connectivity index (χ4n) is 3.21. The molecule has 5 nitrogen and oxygen atoms in total. The number of hydrogen-bond acceptors (Lipinski definition) is 4. The van der Waals surface area contributed by atoms with E-state index >= 15 is 0 Å². The molecule has 0 unspecified atom stereocenters. The van der Waals surface area contributed by atoms with Gasteiger partial charge in [-0.3, -0.25) is 0 Å². The molecule has 4 rings (SSSR count). The van der Waals surface area contributed by atoms with Crippen LogP contribution < -0.4 is 4.74 Å². The number of ether oxygens (including phenoxy) is 1. The average molecular weight is 365 g/mol. The SMILES string of the molecule is CC(C)c1nc2c(F)cc(-c3nc(Cl)ncc3F)c3c2n1[C@@H](C)CO3. The molecule has 0 saturated heterocycles. The van der Waals surface area contributed by atoms with E-state index in [1.165, 1.54) is 6.07 Å². The van der Waals surface area contributed by atoms with Gasteiger partial charge in [0.05, 0.1) is 17.8 Å². The minimum Gasteiger partial charge on any atom is -0.488 e. The predicted octanol–water partition coefficient (Wildman–Crippen LogP) is 4.50. The topological polar surface area (TPSA) is 52.8 Å². The number of halogens is 3. The van der Waals surface area contributed by atoms with Crippen LogP contribution in [0.4, 0.5) is 8.78 Å². The second kappa shape index (κ2) is 5.62. The largest absolute Gasteiger partial charge is 0.488 e. The second-order valence-electron chi connectivity index (χ2n) is 6.42. The van der Waals surface area contributed by atoms with Crippen molar-refractivity contribution >= 4 is 22.6 Å². The molecule has 0 bridgehead atoms. The zero-order valence-electron chi connectivity index (χ0n) is 13.8. The van der Waals surface area contributed by atoms with Crippen LogP contribution in [0.1, 0.15) is 38.6 Å². The molecule has 0 radical (unpaired) electrons. The van der Waals surface area contributed by atoms with Crippen LogP contribution in [0.3, 0.4) is 0 Å². The summed E-state index contributed by atoms with van der Waals surface area (Å²) in [7, 11) is 0. The normalized spacial score (nSPS) is 16.5. The lowest BCUT2D eigenvalue weighted by molar-refractivity contribution is 0.245. The Hall–Kier alpha value is -2.28. The quantitative estimate of drug-likeness (QED) is 0.628. The van der Waals surface area contributed by atoms with Crippen molar-refractivity contribution in [3.8, 4) is 17.0 Å². The van der Waals surface area contributed by atoms with Gasteiger partial charge in [0.25, 0.3) is 0 Å². The number of imidazole rings is 1. The van der Waals surface area contributed by atoms with Crippen LogP contribution in [0, 0.1) is 11.6 Å². The van der Waals surface area contributed by atoms with Crippen molar-refractivity contribution in [1.29, 1.82) is 0 Å². The first-order valence-corrected chi connectivity index (χ1v) is 8.31. The predicted molar refractivity (Wildman–Crippen MR) is 90.0 cm³/mol. The third-order valence-electron chi connectivity index (χ3n) is 4.29. The van der Waals surface area contributed by atoms with Gasteiger partial charge in [-0.1, -0.05) is 13.8 Å². The summed E-state index contributed by atoms with van der Waals surface area (Å²) < 4.78 is 36.8. The van der Waals surface area contributed by atoms with Gasteiger partial charge in [-0.05, 0) is 24.6 Å². The van der Waals surface area contributed by atoms with Crippen LogP contribution in [0.5, 0.6) is 5.75 Å². The van der Waals surface area contributed by atoms with Crippen LogP contribution in [0.15, 0.2) is 12.3 Å². The van der Waals surface area contributed by atoms with Crippen molar-refractivity contribution in [1.82, 2.24) is 19.5 Å². The standard InChI is InChI=1S/C17H15ClF2N4O/c1-7(2)16-22-13-10(19)4-9(12-11(20)5-21-17(18)23-12)15-14(13)24(16)8(3)6-25-15/h4-5,7-8H,6H2,1-3H3/t8-/m0/s1. The first-order valence-electron chi connectivity index (χ1n) is 7.94. The fourth-order valence-corrected chi connectivity index (χ4v) is 3.34. The molecule has 1 aliphatic heterocycles. The molecule has 2 aromatic heterocycles. The van der Waals surface area contributed by atoms with Gasteiger partial charge in [0.2, 0.25) is 5.28 Å². The molecule has 130 valence electrons. The highest BCUT2D eigenvalue weighted by Crippen LogP contribution is 2.43. The Labute approximate surface area is 147 Å². The third kappa shape index (κ3) is 2.37. The van der Waals surface area contributed by atoms with Crippen molar-refractivity contribution in [2.45, 2.75) is 32.7 Å². The Morgan fingerprint density at radius 1 is 1.28 bits per heavy atom. The zero-order chi connectivity index (χ0) is 17.9. The molecule has 0 fully saturated rings. The molecule has 8 heteroatoms. The molecule has 0 N–H and O–H groups in total. The van der Waals surface area contributed by atoms with Gasteiger partial charge in [-0.2, -0.15) is 0 Å². The van der Waals surface area contributed by atoms with Crippen molar-refractivity contribution in [3.63, 3.8) is 0 Å². The van der Waals surface area contributed by atoms with Crippen LogP contribution in [0.2, 0.25) is 5.28 Å². The van der Waals surface area contributed by atoms with Gasteiger partial charge in [0.1, 0.15) is 29.2 Å². The molecule has 25 heavy (non-hydrogen) atoms. The minimum absolute atomic E-state index is 0.0108. The van der Waals surface area contributed by atoms with E-state index in [2.05, 4.69) is 15.0 Å². The van der Waals surface area contributed by atoms with Crippen molar-refractivity contribution in [2.75, 3.05) is 6.61 Å². The van der Waals surface area contributed by atoms with Gasteiger partial charge in [-0.15, -0.1) is 0 Å². The number of hydrogen-bond donors (Lipinski definition) is 0. The summed E-state index contributed by atoms with van der Waals surface area (Å²) in [5.41, 5.74) is 0.848. The lowest BCUT2D eigenvalue weighted by Gasteiger charge is -2.26. The van der Waals surface area contributed by atoms with Gasteiger partial charge in [0, 0.05) is 5.92 Å². The van der Waals surface area contributed by atoms with Crippen LogP contribution in [-0.4, -0.2) is 26.1 Å². The summed E-state index contributed by atoms with van der Waals surface area (Å²) in [6, 6.07) is 1.18. The molecule has 3 aromatic rings. The Bertz CT molecular complexity index is 1000. The van der Waals surface area contributed by atoms with Crippen LogP contribution >= 0.6 is 11.6 Å². The molecule has 0 spiro atoms. The Morgan fingerprint density at radius 2 is 2.04 bits per heavy atom. The molecule has 0 saturated carbocycles. The summed E-state index contributed by atoms with van der Waals surface area (Å²) >= 11 is 5.79. The maximum absolute atomic E-state index is 14.8. The number of rotatable bonds is 2. The van der Waals surface area contributed by atoms with Crippen LogP contribution in [-0.2, 0) is 0 Å². The second-order valence-corrected chi connectivity index (χ2v) is 6.76. The molecule has 0 amide bonds. The number of aromatic nitrogens is 4. The third-order valence-corrected chi connectivity index (χ3v) is 4.47. The smallest absolute Gasteiger partial charge is 0.223 e. The van der Waals surface area contributed by atoms with E-state index in [0.717, 1.165) is 12.0 Å². The maximum Gasteiger partial charge on any atom is 0.223 e. The van der Waals surface area contributed by atoms with E-state index < -0.39 is 11.6 Å². The summed E-state index contributed by atoms with van der Waals surface area (Å²) in [4.78, 5) is 12.0. The summed E-state index contributed by atoms with van der Waals surface area (Å²) in [5, 5.41) is -0.121. The summed E-state index contributed by atoms with van der Waals surface area (Å²) in [6.45, 7) is 6.34. The van der Waals surface area contributed by atoms with E-state index in [4.69, 9.17) is 16.3 Å². The highest BCUT2D eigenvalue weighted by atomic mass is 35.5. The highest BCUT2D eigenvalue weighted by molar-refractivity contribution is 6.28. The van der Waals surface area contributed by atoms with Gasteiger partial charge < -0.3 is 9.30 Å². The summed E-state index contributed by atoms with van der Waals surface area (Å²) in [6.07, 6.45) is 0.960. The van der Waals surface area contributed by atoms with E-state index in [0.29, 0.717) is 17.9 Å². The van der Waals surface area contributed by atoms with E-state index in [-0.39, 0.29) is 34.0 Å². The molecule has 3 heterocycles. The lowest BCUT2D eigenvalue weighted by atomic mass is 10.1. The van der Waals surface area contributed by atoms with Crippen molar-refractivity contribution in [3.05, 3.63) is 35.0 Å². The van der Waals surface area contributed by atoms with E-state index in [1.54, 1.807) is 0 Å². The molecular weight excluding hydrogens is 350 g/mol. The molecule has 1 atom stereocenters. The van der Waals surface area contributed by atoms with Gasteiger partial charge in [-0.25, -0.2) is 23.7 Å². The summed E-state index contributed by atoms with van der Waals surface area (Å²) in [5.74, 6) is -0.0151. The van der Waals surface area contributed by atoms with Crippen molar-refractivity contribution in [2.24, 2.45) is 0 Å². The van der Waals surface area contributed by atoms with Gasteiger partial charge >= 0.3 is 0 Å². The minimum atomic E-state index is -0.697. The first kappa shape index (κ1) is 16.2. The lowest BCUT2D eigenvalue weighted by Crippen LogP contribution is -2.22. The van der Waals surface area contributed by atoms with Crippen LogP contribution in [0.25, 0.3) is 22.3 Å². The Kier molecular flexibility index (Phi) is 3.64. The molecular formula is C17H15ClF2N4O. The zero-order valence-corrected chi connectivity index (χ0v) is 14.6. The van der Waals surface area contributed by atoms with Crippen molar-refractivity contribution < 1.29 is 13.5 Å². The highest BCUT2D eigenvalue weighted by Gasteiger charge is 2.31. The van der Waals surface area contributed by atoms with E-state index in [1.807, 2.05) is 25.3 Å². The number of benzene rings is 1.